The van der Waals surface area contributed by atoms with Gasteiger partial charge in [0.25, 0.3) is 5.91 Å². The van der Waals surface area contributed by atoms with Crippen molar-refractivity contribution in [3.05, 3.63) is 47.1 Å². The first kappa shape index (κ1) is 19.4. The molecule has 152 valence electrons. The number of hydrogen-bond acceptors (Lipinski definition) is 5. The lowest BCUT2D eigenvalue weighted by Crippen LogP contribution is -2.14. The molecule has 1 amide bonds. The summed E-state index contributed by atoms with van der Waals surface area (Å²) < 4.78 is 37.2. The Bertz CT molecular complexity index is 1210. The summed E-state index contributed by atoms with van der Waals surface area (Å²) in [6.07, 6.45) is 1.70. The standard InChI is InChI=1S/C19H18ClN3O5S/c1-29(25,26)23-15-9-13(10-17-18(15)28-6-2-5-27-17)21-19(24)16-8-11-7-12(20)3-4-14(11)22-16/h3-4,7-10,22-23H,2,5-6H2,1H3,(H,21,24). The lowest BCUT2D eigenvalue weighted by atomic mass is 10.2. The number of carbonyl (C=O) groups is 1. The van der Waals surface area contributed by atoms with E-state index in [2.05, 4.69) is 15.0 Å². The number of carbonyl (C=O) groups excluding carboxylic acids is 1. The summed E-state index contributed by atoms with van der Waals surface area (Å²) in [7, 11) is -3.56. The van der Waals surface area contributed by atoms with E-state index < -0.39 is 15.9 Å². The van der Waals surface area contributed by atoms with Crippen LogP contribution in [0.15, 0.2) is 36.4 Å². The van der Waals surface area contributed by atoms with Gasteiger partial charge >= 0.3 is 0 Å². The Kier molecular flexibility index (Phi) is 5.01. The van der Waals surface area contributed by atoms with Crippen LogP contribution in [0.1, 0.15) is 16.9 Å². The van der Waals surface area contributed by atoms with E-state index in [1.807, 2.05) is 0 Å². The maximum Gasteiger partial charge on any atom is 0.272 e. The summed E-state index contributed by atoms with van der Waals surface area (Å²) in [5, 5.41) is 4.14. The van der Waals surface area contributed by atoms with Gasteiger partial charge in [-0.2, -0.15) is 0 Å². The van der Waals surface area contributed by atoms with Crippen LogP contribution in [-0.2, 0) is 10.0 Å². The van der Waals surface area contributed by atoms with Gasteiger partial charge in [0.15, 0.2) is 11.5 Å². The van der Waals surface area contributed by atoms with Crippen molar-refractivity contribution < 1.29 is 22.7 Å². The van der Waals surface area contributed by atoms with Crippen molar-refractivity contribution in [1.29, 1.82) is 0 Å². The Morgan fingerprint density at radius 2 is 1.93 bits per heavy atom. The second kappa shape index (κ2) is 7.49. The molecule has 0 fully saturated rings. The predicted octanol–water partition coefficient (Wildman–Crippen LogP) is 3.61. The third-order valence-corrected chi connectivity index (χ3v) is 5.05. The van der Waals surface area contributed by atoms with E-state index in [1.54, 1.807) is 30.3 Å². The molecule has 29 heavy (non-hydrogen) atoms. The molecule has 0 spiro atoms. The molecule has 1 aromatic heterocycles. The number of aromatic nitrogens is 1. The number of aromatic amines is 1. The van der Waals surface area contributed by atoms with E-state index in [1.165, 1.54) is 6.07 Å². The first-order chi connectivity index (χ1) is 13.8. The number of benzene rings is 2. The number of fused-ring (bicyclic) bond motifs is 2. The summed E-state index contributed by atoms with van der Waals surface area (Å²) >= 11 is 5.99. The molecule has 0 bridgehead atoms. The molecule has 1 aliphatic heterocycles. The number of sulfonamides is 1. The van der Waals surface area contributed by atoms with Crippen LogP contribution < -0.4 is 19.5 Å². The summed E-state index contributed by atoms with van der Waals surface area (Å²) in [5.74, 6) is 0.262. The van der Waals surface area contributed by atoms with Crippen LogP contribution in [-0.4, -0.2) is 38.8 Å². The minimum atomic E-state index is -3.56. The molecule has 8 nitrogen and oxygen atoms in total. The summed E-state index contributed by atoms with van der Waals surface area (Å²) in [4.78, 5) is 15.7. The van der Waals surface area contributed by atoms with Crippen LogP contribution in [0, 0.1) is 0 Å². The third kappa shape index (κ3) is 4.41. The topological polar surface area (TPSA) is 110 Å². The highest BCUT2D eigenvalue weighted by Gasteiger charge is 2.20. The van der Waals surface area contributed by atoms with Gasteiger partial charge < -0.3 is 19.8 Å². The Morgan fingerprint density at radius 1 is 1.14 bits per heavy atom. The van der Waals surface area contributed by atoms with Gasteiger partial charge in [-0.3, -0.25) is 9.52 Å². The number of amides is 1. The first-order valence-electron chi connectivity index (χ1n) is 8.79. The molecule has 0 saturated carbocycles. The second-order valence-electron chi connectivity index (χ2n) is 6.64. The molecular weight excluding hydrogens is 418 g/mol. The maximum atomic E-state index is 12.7. The fraction of sp³-hybridized carbons (Fsp3) is 0.211. The Hall–Kier alpha value is -2.91. The second-order valence-corrected chi connectivity index (χ2v) is 8.83. The van der Waals surface area contributed by atoms with E-state index in [9.17, 15) is 13.2 Å². The summed E-state index contributed by atoms with van der Waals surface area (Å²) in [6, 6.07) is 10.1. The van der Waals surface area contributed by atoms with Gasteiger partial charge in [0.1, 0.15) is 5.69 Å². The highest BCUT2D eigenvalue weighted by atomic mass is 35.5. The van der Waals surface area contributed by atoms with Crippen LogP contribution in [0.25, 0.3) is 10.9 Å². The molecular formula is C19H18ClN3O5S. The van der Waals surface area contributed by atoms with E-state index in [4.69, 9.17) is 21.1 Å². The van der Waals surface area contributed by atoms with Gasteiger partial charge in [-0.05, 0) is 30.3 Å². The average Bonchev–Trinajstić information content (AvgIpc) is 2.90. The molecule has 10 heteroatoms. The zero-order valence-electron chi connectivity index (χ0n) is 15.4. The Balaban J connectivity index is 1.67. The van der Waals surface area contributed by atoms with Crippen LogP contribution in [0.5, 0.6) is 11.5 Å². The van der Waals surface area contributed by atoms with E-state index in [0.29, 0.717) is 47.5 Å². The van der Waals surface area contributed by atoms with E-state index in [-0.39, 0.29) is 5.69 Å². The smallest absolute Gasteiger partial charge is 0.272 e. The third-order valence-electron chi connectivity index (χ3n) is 4.23. The highest BCUT2D eigenvalue weighted by molar-refractivity contribution is 7.92. The maximum absolute atomic E-state index is 12.7. The minimum absolute atomic E-state index is 0.200. The van der Waals surface area contributed by atoms with Crippen LogP contribution in [0.2, 0.25) is 5.02 Å². The highest BCUT2D eigenvalue weighted by Crippen LogP contribution is 2.40. The van der Waals surface area contributed by atoms with Gasteiger partial charge in [-0.25, -0.2) is 8.42 Å². The van der Waals surface area contributed by atoms with Crippen LogP contribution in [0.3, 0.4) is 0 Å². The molecule has 3 N–H and O–H groups in total. The molecule has 0 saturated heterocycles. The first-order valence-corrected chi connectivity index (χ1v) is 11.1. The fourth-order valence-corrected chi connectivity index (χ4v) is 3.78. The van der Waals surface area contributed by atoms with Crippen LogP contribution >= 0.6 is 11.6 Å². The van der Waals surface area contributed by atoms with Gasteiger partial charge in [-0.1, -0.05) is 11.6 Å². The van der Waals surface area contributed by atoms with Crippen molar-refractivity contribution >= 4 is 49.8 Å². The number of anilines is 2. The van der Waals surface area contributed by atoms with Crippen LogP contribution in [0.4, 0.5) is 11.4 Å². The van der Waals surface area contributed by atoms with Gasteiger partial charge in [0.2, 0.25) is 10.0 Å². The van der Waals surface area contributed by atoms with Gasteiger partial charge in [-0.15, -0.1) is 0 Å². The number of ether oxygens (including phenoxy) is 2. The summed E-state index contributed by atoms with van der Waals surface area (Å²) in [5.41, 5.74) is 1.68. The van der Waals surface area contributed by atoms with Gasteiger partial charge in [0.05, 0.1) is 25.2 Å². The number of halogens is 1. The van der Waals surface area contributed by atoms with Crippen molar-refractivity contribution in [2.75, 3.05) is 29.5 Å². The lowest BCUT2D eigenvalue weighted by Gasteiger charge is -2.15. The molecule has 0 atom stereocenters. The lowest BCUT2D eigenvalue weighted by molar-refractivity contribution is 0.102. The quantitative estimate of drug-likeness (QED) is 0.580. The van der Waals surface area contributed by atoms with Gasteiger partial charge in [0, 0.05) is 34.1 Å². The van der Waals surface area contributed by atoms with E-state index >= 15 is 0 Å². The molecule has 0 radical (unpaired) electrons. The van der Waals surface area contributed by atoms with E-state index in [0.717, 1.165) is 17.2 Å². The minimum Gasteiger partial charge on any atom is -0.489 e. The SMILES string of the molecule is CS(=O)(=O)Nc1cc(NC(=O)c2cc3cc(Cl)ccc3[nH]2)cc2c1OCCCO2. The molecule has 0 aliphatic carbocycles. The molecule has 1 aliphatic rings. The Morgan fingerprint density at radius 3 is 2.72 bits per heavy atom. The average molecular weight is 436 g/mol. The van der Waals surface area contributed by atoms with Crippen molar-refractivity contribution in [3.8, 4) is 11.5 Å². The molecule has 2 aromatic carbocycles. The molecule has 0 unspecified atom stereocenters. The zero-order chi connectivity index (χ0) is 20.6. The van der Waals surface area contributed by atoms with Crippen molar-refractivity contribution in [1.82, 2.24) is 4.98 Å². The number of H-pyrrole nitrogens is 1. The van der Waals surface area contributed by atoms with Crippen molar-refractivity contribution in [2.45, 2.75) is 6.42 Å². The number of hydrogen-bond donors (Lipinski definition) is 3. The number of rotatable bonds is 4. The number of nitrogens with one attached hydrogen (secondary N) is 3. The monoisotopic (exact) mass is 435 g/mol. The predicted molar refractivity (Wildman–Crippen MR) is 112 cm³/mol. The zero-order valence-corrected chi connectivity index (χ0v) is 17.0. The normalized spacial score (nSPS) is 13.7. The van der Waals surface area contributed by atoms with Crippen molar-refractivity contribution in [2.24, 2.45) is 0 Å². The fourth-order valence-electron chi connectivity index (χ4n) is 3.05. The molecule has 2 heterocycles. The largest absolute Gasteiger partial charge is 0.489 e. The molecule has 3 aromatic rings. The molecule has 4 rings (SSSR count). The Labute approximate surface area is 172 Å². The summed E-state index contributed by atoms with van der Waals surface area (Å²) in [6.45, 7) is 0.820. The van der Waals surface area contributed by atoms with Crippen molar-refractivity contribution in [3.63, 3.8) is 0 Å².